The molecule has 3 heteroatoms. The first-order valence-corrected chi connectivity index (χ1v) is 5.29. The molecule has 1 aliphatic rings. The van der Waals surface area contributed by atoms with E-state index in [4.69, 9.17) is 4.74 Å². The lowest BCUT2D eigenvalue weighted by molar-refractivity contribution is 0.0478. The number of rotatable bonds is 1. The van der Waals surface area contributed by atoms with Crippen LogP contribution in [-0.2, 0) is 4.74 Å². The Balaban J connectivity index is 2.47. The smallest absolute Gasteiger partial charge is 0.407 e. The number of amides is 1. The molecule has 0 aliphatic heterocycles. The highest BCUT2D eigenvalue weighted by Crippen LogP contribution is 2.30. The quantitative estimate of drug-likeness (QED) is 0.722. The first-order valence-electron chi connectivity index (χ1n) is 5.29. The van der Waals surface area contributed by atoms with E-state index in [9.17, 15) is 4.79 Å². The van der Waals surface area contributed by atoms with Crippen molar-refractivity contribution in [3.63, 3.8) is 0 Å². The summed E-state index contributed by atoms with van der Waals surface area (Å²) in [6.45, 7) is 9.68. The van der Waals surface area contributed by atoms with Crippen LogP contribution in [0.5, 0.6) is 0 Å². The third-order valence-electron chi connectivity index (χ3n) is 2.39. The fraction of sp³-hybridized carbons (Fsp3) is 0.750. The van der Waals surface area contributed by atoms with Gasteiger partial charge in [0.15, 0.2) is 0 Å². The summed E-state index contributed by atoms with van der Waals surface area (Å²) < 4.78 is 5.20. The number of hydrogen-bond acceptors (Lipinski definition) is 2. The lowest BCUT2D eigenvalue weighted by Gasteiger charge is -2.28. The van der Waals surface area contributed by atoms with Gasteiger partial charge in [-0.15, -0.1) is 0 Å². The minimum Gasteiger partial charge on any atom is -0.444 e. The molecule has 0 heterocycles. The van der Waals surface area contributed by atoms with Crippen molar-refractivity contribution >= 4 is 6.09 Å². The van der Waals surface area contributed by atoms with E-state index in [-0.39, 0.29) is 17.6 Å². The molecular formula is C12H20NO2. The van der Waals surface area contributed by atoms with E-state index < -0.39 is 5.60 Å². The highest BCUT2D eigenvalue weighted by Gasteiger charge is 2.33. The first kappa shape index (κ1) is 12.1. The van der Waals surface area contributed by atoms with Gasteiger partial charge >= 0.3 is 6.09 Å². The van der Waals surface area contributed by atoms with Crippen molar-refractivity contribution in [3.8, 4) is 0 Å². The van der Waals surface area contributed by atoms with E-state index in [1.165, 1.54) is 0 Å². The molecule has 0 fully saturated rings. The summed E-state index contributed by atoms with van der Waals surface area (Å²) in [7, 11) is 0. The van der Waals surface area contributed by atoms with Gasteiger partial charge in [-0.1, -0.05) is 19.9 Å². The molecule has 0 aromatic rings. The number of carbonyl (C=O) groups is 1. The summed E-state index contributed by atoms with van der Waals surface area (Å²) in [5.41, 5.74) is -0.541. The second-order valence-electron chi connectivity index (χ2n) is 5.50. The van der Waals surface area contributed by atoms with Crippen LogP contribution >= 0.6 is 0 Å². The molecule has 1 unspecified atom stereocenters. The Hall–Kier alpha value is -0.990. The van der Waals surface area contributed by atoms with E-state index in [1.807, 2.05) is 26.8 Å². The molecule has 85 valence electrons. The topological polar surface area (TPSA) is 38.3 Å². The van der Waals surface area contributed by atoms with E-state index in [0.29, 0.717) is 0 Å². The molecule has 1 N–H and O–H groups in total. The summed E-state index contributed by atoms with van der Waals surface area (Å²) in [4.78, 5) is 11.5. The zero-order valence-corrected chi connectivity index (χ0v) is 10.2. The standard InChI is InChI=1S/C12H20NO2/c1-11(2,3)15-10(14)13-9-7-6-8-12(9,4)5/h6,9H,7H2,1-5H3,(H,13,14). The molecular weight excluding hydrogens is 190 g/mol. The molecule has 0 bridgehead atoms. The van der Waals surface area contributed by atoms with E-state index in [1.54, 1.807) is 0 Å². The maximum atomic E-state index is 11.5. The van der Waals surface area contributed by atoms with Crippen molar-refractivity contribution in [1.82, 2.24) is 5.32 Å². The van der Waals surface area contributed by atoms with Crippen LogP contribution in [0.4, 0.5) is 4.79 Å². The zero-order chi connectivity index (χ0) is 11.7. The number of alkyl carbamates (subject to hydrolysis) is 1. The lowest BCUT2D eigenvalue weighted by atomic mass is 9.88. The van der Waals surface area contributed by atoms with Gasteiger partial charge in [-0.3, -0.25) is 0 Å². The van der Waals surface area contributed by atoms with Gasteiger partial charge in [-0.05, 0) is 33.3 Å². The summed E-state index contributed by atoms with van der Waals surface area (Å²) in [6, 6.07) is 0.0901. The first-order chi connectivity index (χ1) is 6.71. The molecule has 0 spiro atoms. The Morgan fingerprint density at radius 3 is 2.53 bits per heavy atom. The SMILES string of the molecule is CC(C)(C)OC(=O)NC1CC=[C]C1(C)C. The monoisotopic (exact) mass is 210 g/mol. The number of nitrogens with one attached hydrogen (secondary N) is 1. The molecule has 0 aromatic heterocycles. The van der Waals surface area contributed by atoms with Crippen LogP contribution in [0.25, 0.3) is 0 Å². The molecule has 0 saturated carbocycles. The van der Waals surface area contributed by atoms with E-state index in [2.05, 4.69) is 25.2 Å². The third kappa shape index (κ3) is 3.57. The number of carbonyl (C=O) groups excluding carboxylic acids is 1. The van der Waals surface area contributed by atoms with Gasteiger partial charge in [0.05, 0.1) is 0 Å². The van der Waals surface area contributed by atoms with Gasteiger partial charge in [0.25, 0.3) is 0 Å². The minimum atomic E-state index is -0.441. The Labute approximate surface area is 91.9 Å². The predicted octanol–water partition coefficient (Wildman–Crippen LogP) is 2.67. The average molecular weight is 210 g/mol. The molecule has 1 atom stereocenters. The predicted molar refractivity (Wildman–Crippen MR) is 59.4 cm³/mol. The van der Waals surface area contributed by atoms with Gasteiger partial charge < -0.3 is 10.1 Å². The van der Waals surface area contributed by atoms with Crippen LogP contribution < -0.4 is 5.32 Å². The zero-order valence-electron chi connectivity index (χ0n) is 10.2. The van der Waals surface area contributed by atoms with Crippen LogP contribution in [0.2, 0.25) is 0 Å². The molecule has 15 heavy (non-hydrogen) atoms. The Kier molecular flexibility index (Phi) is 3.12. The van der Waals surface area contributed by atoms with Crippen LogP contribution in [0, 0.1) is 11.5 Å². The Morgan fingerprint density at radius 2 is 2.13 bits per heavy atom. The van der Waals surface area contributed by atoms with Crippen molar-refractivity contribution in [3.05, 3.63) is 12.2 Å². The molecule has 1 amide bonds. The van der Waals surface area contributed by atoms with Crippen LogP contribution in [0.15, 0.2) is 6.08 Å². The summed E-state index contributed by atoms with van der Waals surface area (Å²) >= 11 is 0. The van der Waals surface area contributed by atoms with E-state index >= 15 is 0 Å². The maximum Gasteiger partial charge on any atom is 0.407 e. The maximum absolute atomic E-state index is 11.5. The second kappa shape index (κ2) is 3.87. The van der Waals surface area contributed by atoms with Gasteiger partial charge in [0.2, 0.25) is 0 Å². The van der Waals surface area contributed by atoms with Gasteiger partial charge in [0.1, 0.15) is 5.60 Å². The highest BCUT2D eigenvalue weighted by molar-refractivity contribution is 5.68. The lowest BCUT2D eigenvalue weighted by Crippen LogP contribution is -2.44. The minimum absolute atomic E-state index is 0.0901. The highest BCUT2D eigenvalue weighted by atomic mass is 16.6. The molecule has 1 rings (SSSR count). The van der Waals surface area contributed by atoms with Crippen molar-refractivity contribution in [2.24, 2.45) is 5.41 Å². The summed E-state index contributed by atoms with van der Waals surface area (Å²) in [6.07, 6.45) is 5.67. The van der Waals surface area contributed by atoms with E-state index in [0.717, 1.165) is 6.42 Å². The van der Waals surface area contributed by atoms with Crippen LogP contribution in [0.1, 0.15) is 41.0 Å². The second-order valence-corrected chi connectivity index (χ2v) is 5.50. The van der Waals surface area contributed by atoms with Crippen molar-refractivity contribution in [1.29, 1.82) is 0 Å². The number of ether oxygens (including phenoxy) is 1. The Bertz CT molecular complexity index is 274. The van der Waals surface area contributed by atoms with Gasteiger partial charge in [-0.25, -0.2) is 4.79 Å². The largest absolute Gasteiger partial charge is 0.444 e. The van der Waals surface area contributed by atoms with Crippen LogP contribution in [0.3, 0.4) is 0 Å². The normalized spacial score (nSPS) is 23.9. The molecule has 3 nitrogen and oxygen atoms in total. The van der Waals surface area contributed by atoms with Gasteiger partial charge in [-0.2, -0.15) is 0 Å². The summed E-state index contributed by atoms with van der Waals surface area (Å²) in [5, 5.41) is 2.87. The number of hydrogen-bond donors (Lipinski definition) is 1. The van der Waals surface area contributed by atoms with Crippen molar-refractivity contribution < 1.29 is 9.53 Å². The third-order valence-corrected chi connectivity index (χ3v) is 2.39. The fourth-order valence-electron chi connectivity index (χ4n) is 1.52. The van der Waals surface area contributed by atoms with Crippen molar-refractivity contribution in [2.75, 3.05) is 0 Å². The average Bonchev–Trinajstić information content (AvgIpc) is 2.26. The summed E-state index contributed by atoms with van der Waals surface area (Å²) in [5.74, 6) is 0. The van der Waals surface area contributed by atoms with Crippen LogP contribution in [-0.4, -0.2) is 17.7 Å². The molecule has 0 saturated heterocycles. The van der Waals surface area contributed by atoms with Gasteiger partial charge in [0, 0.05) is 11.5 Å². The molecule has 1 radical (unpaired) electrons. The molecule has 0 aromatic carbocycles. The fourth-order valence-corrected chi connectivity index (χ4v) is 1.52. The molecule has 1 aliphatic carbocycles. The Morgan fingerprint density at radius 1 is 1.53 bits per heavy atom. The van der Waals surface area contributed by atoms with Crippen molar-refractivity contribution in [2.45, 2.75) is 52.7 Å².